The summed E-state index contributed by atoms with van der Waals surface area (Å²) in [5.74, 6) is 0. The molecule has 4 aromatic heterocycles. The molecular formula is C49H32Br2FIN2S2. The monoisotopic (exact) mass is 1020 g/mol. The van der Waals surface area contributed by atoms with Gasteiger partial charge in [0.25, 0.3) is 0 Å². The lowest BCUT2D eigenvalue weighted by Crippen LogP contribution is -1.93. The van der Waals surface area contributed by atoms with Crippen molar-refractivity contribution in [1.82, 2.24) is 9.55 Å². The molecule has 0 saturated heterocycles. The number of H-pyrrole nitrogens is 1. The van der Waals surface area contributed by atoms with Crippen molar-refractivity contribution < 1.29 is 5.76 Å². The molecule has 1 N–H and O–H groups in total. The van der Waals surface area contributed by atoms with E-state index in [1.165, 1.54) is 93.2 Å². The quantitative estimate of drug-likeness (QED) is 0.158. The van der Waals surface area contributed by atoms with Crippen LogP contribution in [0.2, 0.25) is 0 Å². The van der Waals surface area contributed by atoms with Crippen LogP contribution in [0.5, 0.6) is 0 Å². The lowest BCUT2D eigenvalue weighted by Gasteiger charge is -2.09. The number of aromatic amines is 1. The fraction of sp³-hybridized carbons (Fsp3) is 0.0204. The van der Waals surface area contributed by atoms with Gasteiger partial charge in [0.15, 0.2) is 0 Å². The standard InChI is InChI=1S/C24H14BrNS.C12H8BrN.C12H7IS.CH3F/c25-15-12-13-21-19(14-15)16-6-1-3-9-20(16)26(21)22-10-5-8-18-17-7-2-4-11-23(17)27-24(18)22;13-8-5-6-12-10(7-8)9-3-1-2-4-11(9)14-12;13-10-6-3-5-9-8-4-1-2-7-11(8)14-12(9)10;1-2/h1-14H;1-7,14H;1-7H;1H3/i;;;1D. The molecule has 0 saturated carbocycles. The van der Waals surface area contributed by atoms with Gasteiger partial charge in [-0.1, -0.05) is 129 Å². The van der Waals surface area contributed by atoms with Crippen LogP contribution in [0.3, 0.4) is 0 Å². The lowest BCUT2D eigenvalue weighted by atomic mass is 10.1. The molecule has 8 heteroatoms. The molecule has 278 valence electrons. The van der Waals surface area contributed by atoms with Gasteiger partial charge in [0, 0.05) is 80.7 Å². The number of nitrogens with zero attached hydrogens (tertiary/aromatic N) is 1. The van der Waals surface area contributed by atoms with Crippen LogP contribution >= 0.6 is 77.1 Å². The van der Waals surface area contributed by atoms with E-state index in [9.17, 15) is 4.39 Å². The van der Waals surface area contributed by atoms with Gasteiger partial charge in [-0.2, -0.15) is 0 Å². The van der Waals surface area contributed by atoms with Crippen LogP contribution in [0, 0.1) is 3.57 Å². The van der Waals surface area contributed by atoms with Crippen molar-refractivity contribution in [1.29, 1.82) is 0 Å². The Bertz CT molecular complexity index is 3410. The Morgan fingerprint density at radius 3 is 1.75 bits per heavy atom. The highest BCUT2D eigenvalue weighted by Gasteiger charge is 2.16. The van der Waals surface area contributed by atoms with E-state index in [0.29, 0.717) is 0 Å². The van der Waals surface area contributed by atoms with Gasteiger partial charge in [-0.15, -0.1) is 22.7 Å². The Kier molecular flexibility index (Phi) is 10.5. The fourth-order valence-corrected chi connectivity index (χ4v) is 11.5. The summed E-state index contributed by atoms with van der Waals surface area (Å²) in [7, 11) is -1.00. The molecule has 0 radical (unpaired) electrons. The van der Waals surface area contributed by atoms with Crippen LogP contribution in [0.15, 0.2) is 179 Å². The van der Waals surface area contributed by atoms with E-state index in [-0.39, 0.29) is 0 Å². The van der Waals surface area contributed by atoms with Gasteiger partial charge < -0.3 is 9.55 Å². The highest BCUT2D eigenvalue weighted by molar-refractivity contribution is 14.1. The van der Waals surface area contributed by atoms with Gasteiger partial charge in [-0.05, 0) is 95.4 Å². The number of halogens is 4. The molecule has 2 nitrogen and oxygen atoms in total. The van der Waals surface area contributed by atoms with Crippen molar-refractivity contribution >= 4 is 161 Å². The second kappa shape index (κ2) is 16.3. The zero-order chi connectivity index (χ0) is 39.8. The third-order valence-electron chi connectivity index (χ3n) is 10.1. The molecular weight excluding hydrogens is 986 g/mol. The van der Waals surface area contributed by atoms with Gasteiger partial charge in [-0.3, -0.25) is 4.39 Å². The van der Waals surface area contributed by atoms with E-state index in [1.807, 2.05) is 28.7 Å². The maximum Gasteiger partial charge on any atom is 0.0785 e. The van der Waals surface area contributed by atoms with E-state index < -0.39 is 7.15 Å². The highest BCUT2D eigenvalue weighted by atomic mass is 127. The molecule has 12 rings (SSSR count). The summed E-state index contributed by atoms with van der Waals surface area (Å²) >= 11 is 13.3. The minimum atomic E-state index is -1.00. The summed E-state index contributed by atoms with van der Waals surface area (Å²) in [5, 5.41) is 10.5. The number of rotatable bonds is 1. The Morgan fingerprint density at radius 2 is 1.02 bits per heavy atom. The fourth-order valence-electron chi connectivity index (χ4n) is 7.65. The van der Waals surface area contributed by atoms with Crippen molar-refractivity contribution in [2.75, 3.05) is 7.15 Å². The van der Waals surface area contributed by atoms with Crippen LogP contribution in [0.25, 0.3) is 89.6 Å². The number of aromatic nitrogens is 2. The SMILES string of the molecule is Brc1ccc2[nH]c3ccccc3c2c1.Brc1ccc2c(c1)c1ccccc1n2-c1cccc2c1sc1ccccc12.Ic1cccc2c1sc1ccccc12.[2H]CF. The number of hydrogen-bond acceptors (Lipinski definition) is 2. The van der Waals surface area contributed by atoms with Crippen LogP contribution in [-0.4, -0.2) is 16.7 Å². The molecule has 12 aromatic rings. The van der Waals surface area contributed by atoms with E-state index in [0.717, 1.165) is 8.95 Å². The van der Waals surface area contributed by atoms with Crippen LogP contribution in [-0.2, 0) is 0 Å². The summed E-state index contributed by atoms with van der Waals surface area (Å²) in [6, 6.07) is 60.3. The minimum absolute atomic E-state index is 1.00. The predicted octanol–water partition coefficient (Wildman–Crippen LogP) is 17.2. The first kappa shape index (κ1) is 36.7. The topological polar surface area (TPSA) is 20.7 Å². The number of nitrogens with one attached hydrogen (secondary N) is 1. The van der Waals surface area contributed by atoms with Crippen molar-refractivity contribution in [3.63, 3.8) is 0 Å². The number of fused-ring (bicyclic) bond motifs is 12. The molecule has 0 aliphatic heterocycles. The minimum Gasteiger partial charge on any atom is -0.355 e. The smallest absolute Gasteiger partial charge is 0.0785 e. The summed E-state index contributed by atoms with van der Waals surface area (Å²) in [6.45, 7) is 0. The first-order valence-electron chi connectivity index (χ1n) is 18.8. The molecule has 57 heavy (non-hydrogen) atoms. The van der Waals surface area contributed by atoms with Gasteiger partial charge in [-0.25, -0.2) is 0 Å². The number of thiophene rings is 2. The van der Waals surface area contributed by atoms with E-state index in [2.05, 4.69) is 228 Å². The number of benzene rings is 8. The largest absolute Gasteiger partial charge is 0.355 e. The Hall–Kier alpha value is -4.58. The van der Waals surface area contributed by atoms with Gasteiger partial charge >= 0.3 is 0 Å². The maximum absolute atomic E-state index is 9.96. The van der Waals surface area contributed by atoms with Crippen LogP contribution < -0.4 is 0 Å². The van der Waals surface area contributed by atoms with Crippen molar-refractivity contribution in [2.45, 2.75) is 0 Å². The summed E-state index contributed by atoms with van der Waals surface area (Å²) in [5.41, 5.74) is 6.12. The maximum atomic E-state index is 9.96. The zero-order valence-electron chi connectivity index (χ0n) is 31.1. The predicted molar refractivity (Wildman–Crippen MR) is 264 cm³/mol. The molecule has 0 bridgehead atoms. The number of alkyl halides is 1. The highest BCUT2D eigenvalue weighted by Crippen LogP contribution is 2.41. The van der Waals surface area contributed by atoms with Gasteiger partial charge in [0.1, 0.15) is 0 Å². The molecule has 0 amide bonds. The van der Waals surface area contributed by atoms with E-state index in [1.54, 1.807) is 0 Å². The number of para-hydroxylation sites is 2. The summed E-state index contributed by atoms with van der Waals surface area (Å²) in [4.78, 5) is 3.38. The molecule has 0 unspecified atom stereocenters. The molecule has 0 aliphatic carbocycles. The Balaban J connectivity index is 0.000000119. The average molecular weight is 1020 g/mol. The van der Waals surface area contributed by atoms with Gasteiger partial charge in [0.2, 0.25) is 0 Å². The molecule has 0 fully saturated rings. The first-order valence-corrected chi connectivity index (χ1v) is 22.4. The first-order chi connectivity index (χ1) is 28.4. The second-order valence-corrected chi connectivity index (χ2v) is 18.4. The van der Waals surface area contributed by atoms with Gasteiger partial charge in [0.05, 0.1) is 29.9 Å². The van der Waals surface area contributed by atoms with Crippen molar-refractivity contribution in [2.24, 2.45) is 0 Å². The summed E-state index contributed by atoms with van der Waals surface area (Å²) < 4.78 is 27.0. The Labute approximate surface area is 368 Å². The normalized spacial score (nSPS) is 11.5. The van der Waals surface area contributed by atoms with Crippen molar-refractivity contribution in [3.8, 4) is 5.69 Å². The third kappa shape index (κ3) is 7.05. The van der Waals surface area contributed by atoms with E-state index >= 15 is 0 Å². The number of hydrogen-bond donors (Lipinski definition) is 1. The average Bonchev–Trinajstić information content (AvgIpc) is 4.01. The molecule has 8 aromatic carbocycles. The summed E-state index contributed by atoms with van der Waals surface area (Å²) in [6.07, 6.45) is 0. The molecule has 0 atom stereocenters. The molecule has 0 aliphatic rings. The lowest BCUT2D eigenvalue weighted by molar-refractivity contribution is 0.636. The molecule has 4 heterocycles. The van der Waals surface area contributed by atoms with Crippen LogP contribution in [0.1, 0.15) is 1.37 Å². The third-order valence-corrected chi connectivity index (χ3v) is 14.8. The molecule has 0 spiro atoms. The van der Waals surface area contributed by atoms with E-state index in [4.69, 9.17) is 1.37 Å². The van der Waals surface area contributed by atoms with Crippen molar-refractivity contribution in [3.05, 3.63) is 182 Å². The van der Waals surface area contributed by atoms with Crippen LogP contribution in [0.4, 0.5) is 4.39 Å². The second-order valence-electron chi connectivity index (χ2n) is 13.3. The zero-order valence-corrected chi connectivity index (χ0v) is 37.1. The Morgan fingerprint density at radius 1 is 0.509 bits per heavy atom.